The number of aryl methyl sites for hydroxylation is 1. The molecule has 0 atom stereocenters. The molecule has 1 heterocycles. The van der Waals surface area contributed by atoms with Crippen LogP contribution in [0.15, 0.2) is 24.3 Å². The summed E-state index contributed by atoms with van der Waals surface area (Å²) in [6.45, 7) is 3.36. The molecule has 5 heteroatoms. The number of nitrogens with one attached hydrogen (secondary N) is 2. The molecule has 0 unspecified atom stereocenters. The third kappa shape index (κ3) is 2.83. The van der Waals surface area contributed by atoms with Gasteiger partial charge in [0.15, 0.2) is 5.15 Å². The first-order valence-corrected chi connectivity index (χ1v) is 6.12. The van der Waals surface area contributed by atoms with Crippen LogP contribution < -0.4 is 10.1 Å². The predicted molar refractivity (Wildman–Crippen MR) is 71.9 cm³/mol. The van der Waals surface area contributed by atoms with Gasteiger partial charge < -0.3 is 10.1 Å². The molecule has 0 amide bonds. The molecular weight excluding hydrogens is 250 g/mol. The van der Waals surface area contributed by atoms with Gasteiger partial charge in [-0.25, -0.2) is 0 Å². The highest BCUT2D eigenvalue weighted by Crippen LogP contribution is 2.18. The van der Waals surface area contributed by atoms with Crippen LogP contribution in [0.3, 0.4) is 0 Å². The van der Waals surface area contributed by atoms with E-state index in [2.05, 4.69) is 15.5 Å². The predicted octanol–water partition coefficient (Wildman–Crippen LogP) is 2.67. The SMILES string of the molecule is COc1ccccc1CNCc1c(Cl)n[nH]c1C. The van der Waals surface area contributed by atoms with E-state index in [1.54, 1.807) is 7.11 Å². The maximum Gasteiger partial charge on any atom is 0.155 e. The van der Waals surface area contributed by atoms with E-state index in [4.69, 9.17) is 16.3 Å². The molecule has 1 aromatic carbocycles. The summed E-state index contributed by atoms with van der Waals surface area (Å²) >= 11 is 5.98. The Morgan fingerprint density at radius 3 is 2.78 bits per heavy atom. The van der Waals surface area contributed by atoms with Crippen molar-refractivity contribution in [2.24, 2.45) is 0 Å². The summed E-state index contributed by atoms with van der Waals surface area (Å²) < 4.78 is 5.30. The number of benzene rings is 1. The van der Waals surface area contributed by atoms with E-state index in [1.807, 2.05) is 31.2 Å². The lowest BCUT2D eigenvalue weighted by Crippen LogP contribution is -2.13. The highest BCUT2D eigenvalue weighted by atomic mass is 35.5. The maximum absolute atomic E-state index is 5.98. The lowest BCUT2D eigenvalue weighted by atomic mass is 10.2. The van der Waals surface area contributed by atoms with Crippen LogP contribution in [-0.2, 0) is 13.1 Å². The second kappa shape index (κ2) is 5.89. The molecule has 0 aliphatic rings. The fourth-order valence-corrected chi connectivity index (χ4v) is 2.05. The van der Waals surface area contributed by atoms with Gasteiger partial charge in [0.05, 0.1) is 7.11 Å². The number of hydrogen-bond acceptors (Lipinski definition) is 3. The average Bonchev–Trinajstić information content (AvgIpc) is 2.71. The molecule has 4 nitrogen and oxygen atoms in total. The summed E-state index contributed by atoms with van der Waals surface area (Å²) in [6, 6.07) is 7.94. The van der Waals surface area contributed by atoms with Crippen LogP contribution >= 0.6 is 11.6 Å². The van der Waals surface area contributed by atoms with Crippen molar-refractivity contribution in [1.82, 2.24) is 15.5 Å². The smallest absolute Gasteiger partial charge is 0.155 e. The summed E-state index contributed by atoms with van der Waals surface area (Å²) in [7, 11) is 1.68. The van der Waals surface area contributed by atoms with Crippen LogP contribution in [0.4, 0.5) is 0 Å². The Kier molecular flexibility index (Phi) is 4.23. The van der Waals surface area contributed by atoms with Gasteiger partial charge in [-0.3, -0.25) is 5.10 Å². The van der Waals surface area contributed by atoms with Gasteiger partial charge in [-0.1, -0.05) is 29.8 Å². The highest BCUT2D eigenvalue weighted by Gasteiger charge is 2.08. The van der Waals surface area contributed by atoms with E-state index in [-0.39, 0.29) is 0 Å². The van der Waals surface area contributed by atoms with Gasteiger partial charge in [-0.15, -0.1) is 0 Å². The zero-order chi connectivity index (χ0) is 13.0. The van der Waals surface area contributed by atoms with Gasteiger partial charge in [0.2, 0.25) is 0 Å². The van der Waals surface area contributed by atoms with E-state index >= 15 is 0 Å². The van der Waals surface area contributed by atoms with E-state index in [0.29, 0.717) is 11.7 Å². The quantitative estimate of drug-likeness (QED) is 0.874. The molecule has 0 aliphatic heterocycles. The van der Waals surface area contributed by atoms with Gasteiger partial charge in [0.25, 0.3) is 0 Å². The molecule has 0 aliphatic carbocycles. The monoisotopic (exact) mass is 265 g/mol. The molecule has 18 heavy (non-hydrogen) atoms. The van der Waals surface area contributed by atoms with Crippen molar-refractivity contribution in [2.75, 3.05) is 7.11 Å². The Bertz CT molecular complexity index is 505. The van der Waals surface area contributed by atoms with E-state index in [0.717, 1.165) is 29.1 Å². The normalized spacial score (nSPS) is 10.6. The van der Waals surface area contributed by atoms with Crippen LogP contribution in [0.1, 0.15) is 16.8 Å². The van der Waals surface area contributed by atoms with Crippen molar-refractivity contribution in [1.29, 1.82) is 0 Å². The van der Waals surface area contributed by atoms with E-state index in [1.165, 1.54) is 0 Å². The molecule has 0 radical (unpaired) electrons. The summed E-state index contributed by atoms with van der Waals surface area (Å²) in [5.74, 6) is 0.889. The Morgan fingerprint density at radius 2 is 2.11 bits per heavy atom. The molecule has 1 aromatic heterocycles. The van der Waals surface area contributed by atoms with Crippen LogP contribution in [-0.4, -0.2) is 17.3 Å². The Labute approximate surface area is 111 Å². The van der Waals surface area contributed by atoms with Crippen LogP contribution in [0.5, 0.6) is 5.75 Å². The van der Waals surface area contributed by atoms with E-state index < -0.39 is 0 Å². The van der Waals surface area contributed by atoms with Crippen LogP contribution in [0, 0.1) is 6.92 Å². The van der Waals surface area contributed by atoms with Gasteiger partial charge in [-0.05, 0) is 13.0 Å². The number of methoxy groups -OCH3 is 1. The molecule has 2 aromatic rings. The summed E-state index contributed by atoms with van der Waals surface area (Å²) in [6.07, 6.45) is 0. The highest BCUT2D eigenvalue weighted by molar-refractivity contribution is 6.30. The van der Waals surface area contributed by atoms with Crippen molar-refractivity contribution in [2.45, 2.75) is 20.0 Å². The summed E-state index contributed by atoms with van der Waals surface area (Å²) in [5, 5.41) is 10.7. The molecule has 0 saturated heterocycles. The van der Waals surface area contributed by atoms with E-state index in [9.17, 15) is 0 Å². The standard InChI is InChI=1S/C13H16ClN3O/c1-9-11(13(14)17-16-9)8-15-7-10-5-3-4-6-12(10)18-2/h3-6,15H,7-8H2,1-2H3,(H,16,17). The number of aromatic nitrogens is 2. The fraction of sp³-hybridized carbons (Fsp3) is 0.308. The molecule has 0 spiro atoms. The zero-order valence-corrected chi connectivity index (χ0v) is 11.2. The number of nitrogens with zero attached hydrogens (tertiary/aromatic N) is 1. The molecule has 0 fully saturated rings. The number of rotatable bonds is 5. The zero-order valence-electron chi connectivity index (χ0n) is 10.5. The first kappa shape index (κ1) is 12.9. The van der Waals surface area contributed by atoms with Crippen LogP contribution in [0.25, 0.3) is 0 Å². The number of H-pyrrole nitrogens is 1. The Balaban J connectivity index is 1.96. The van der Waals surface area contributed by atoms with Crippen molar-refractivity contribution in [3.63, 3.8) is 0 Å². The van der Waals surface area contributed by atoms with Crippen molar-refractivity contribution < 1.29 is 4.74 Å². The lowest BCUT2D eigenvalue weighted by molar-refractivity contribution is 0.407. The minimum absolute atomic E-state index is 0.528. The van der Waals surface area contributed by atoms with Gasteiger partial charge in [0.1, 0.15) is 5.75 Å². The number of para-hydroxylation sites is 1. The molecule has 96 valence electrons. The number of aromatic amines is 1. The number of halogens is 1. The average molecular weight is 266 g/mol. The number of hydrogen-bond donors (Lipinski definition) is 2. The molecule has 0 bridgehead atoms. The second-order valence-electron chi connectivity index (χ2n) is 4.03. The van der Waals surface area contributed by atoms with Gasteiger partial charge in [0, 0.05) is 29.9 Å². The second-order valence-corrected chi connectivity index (χ2v) is 4.39. The first-order valence-electron chi connectivity index (χ1n) is 5.74. The summed E-state index contributed by atoms with van der Waals surface area (Å²) in [4.78, 5) is 0. The Morgan fingerprint density at radius 1 is 1.33 bits per heavy atom. The number of ether oxygens (including phenoxy) is 1. The minimum Gasteiger partial charge on any atom is -0.496 e. The first-order chi connectivity index (χ1) is 8.72. The maximum atomic E-state index is 5.98. The Hall–Kier alpha value is -1.52. The van der Waals surface area contributed by atoms with Crippen molar-refractivity contribution >= 4 is 11.6 Å². The molecule has 0 saturated carbocycles. The largest absolute Gasteiger partial charge is 0.496 e. The fourth-order valence-electron chi connectivity index (χ4n) is 1.80. The van der Waals surface area contributed by atoms with Crippen molar-refractivity contribution in [3.05, 3.63) is 46.2 Å². The topological polar surface area (TPSA) is 49.9 Å². The van der Waals surface area contributed by atoms with Crippen LogP contribution in [0.2, 0.25) is 5.15 Å². The van der Waals surface area contributed by atoms with Crippen molar-refractivity contribution in [3.8, 4) is 5.75 Å². The molecule has 2 N–H and O–H groups in total. The third-order valence-electron chi connectivity index (χ3n) is 2.83. The molecular formula is C13H16ClN3O. The minimum atomic E-state index is 0.528. The third-order valence-corrected chi connectivity index (χ3v) is 3.15. The summed E-state index contributed by atoms with van der Waals surface area (Å²) in [5.41, 5.74) is 3.12. The lowest BCUT2D eigenvalue weighted by Gasteiger charge is -2.09. The van der Waals surface area contributed by atoms with Gasteiger partial charge >= 0.3 is 0 Å². The molecule has 2 rings (SSSR count). The van der Waals surface area contributed by atoms with Gasteiger partial charge in [-0.2, -0.15) is 5.10 Å².